The quantitative estimate of drug-likeness (QED) is 0.0548. The van der Waals surface area contributed by atoms with E-state index in [9.17, 15) is 24.8 Å². The van der Waals surface area contributed by atoms with Crippen LogP contribution in [0.5, 0.6) is 17.2 Å². The van der Waals surface area contributed by atoms with Crippen LogP contribution in [0.3, 0.4) is 0 Å². The Morgan fingerprint density at radius 1 is 0.838 bits per heavy atom. The molecule has 2 saturated heterocycles. The highest BCUT2D eigenvalue weighted by Crippen LogP contribution is 2.66. The zero-order chi connectivity index (χ0) is 51.8. The summed E-state index contributed by atoms with van der Waals surface area (Å²) in [5.41, 5.74) is 7.26. The number of methoxy groups -OCH3 is 2. The van der Waals surface area contributed by atoms with Crippen LogP contribution in [0.2, 0.25) is 0 Å². The normalized spacial score (nSPS) is 21.6. The minimum atomic E-state index is -2.18. The molecule has 18 heteroatoms. The molecule has 10 rings (SSSR count). The SMILES string of the molecule is COc1cc2c(cc1OC)CN(C(=O)[C@@H]1[C@H]3C(=O)O[C@H](c4ccccc4)[C@H](c4ccccc4)N3[C@H](c3ccc(O)cc3)[C@@]13C(=O)N(C(=O)OCc1ccc([N+](=O)[O-])cc1)c1ccc(C#CCNC(N)=O)cc13)CC2. The predicted molar refractivity (Wildman–Crippen MR) is 266 cm³/mol. The molecule has 0 bridgehead atoms. The Kier molecular flexibility index (Phi) is 12.9. The molecule has 4 N–H and O–H groups in total. The molecule has 0 saturated carbocycles. The number of primary amides is 1. The van der Waals surface area contributed by atoms with Gasteiger partial charge in [-0.15, -0.1) is 0 Å². The smallest absolute Gasteiger partial charge is 0.421 e. The van der Waals surface area contributed by atoms with Gasteiger partial charge in [-0.25, -0.2) is 14.5 Å². The van der Waals surface area contributed by atoms with Gasteiger partial charge in [-0.3, -0.25) is 29.4 Å². The highest BCUT2D eigenvalue weighted by atomic mass is 16.6. The molecular formula is C56H48N6O12. The molecule has 6 atom stereocenters. The van der Waals surface area contributed by atoms with Crippen LogP contribution in [0.25, 0.3) is 0 Å². The molecule has 6 aromatic carbocycles. The van der Waals surface area contributed by atoms with Gasteiger partial charge < -0.3 is 40.0 Å². The molecule has 74 heavy (non-hydrogen) atoms. The second-order valence-corrected chi connectivity index (χ2v) is 18.2. The third kappa shape index (κ3) is 8.41. The van der Waals surface area contributed by atoms with E-state index in [1.165, 1.54) is 56.7 Å². The average Bonchev–Trinajstić information content (AvgIpc) is 4.03. The van der Waals surface area contributed by atoms with Crippen molar-refractivity contribution in [3.63, 3.8) is 0 Å². The van der Waals surface area contributed by atoms with Crippen LogP contribution in [0.15, 0.2) is 140 Å². The number of carbonyl (C=O) groups is 5. The molecule has 4 aliphatic rings. The fourth-order valence-corrected chi connectivity index (χ4v) is 11.1. The lowest BCUT2D eigenvalue weighted by Gasteiger charge is -2.46. The maximum absolute atomic E-state index is 16.7. The number of anilines is 1. The topological polar surface area (TPSA) is 233 Å². The Balaban J connectivity index is 1.22. The summed E-state index contributed by atoms with van der Waals surface area (Å²) in [5.74, 6) is 2.83. The number of non-ortho nitro benzene ring substituents is 1. The predicted octanol–water partition coefficient (Wildman–Crippen LogP) is 6.92. The molecule has 5 amide bonds. The number of fused-ring (bicyclic) bond motifs is 4. The van der Waals surface area contributed by atoms with Crippen molar-refractivity contribution in [2.45, 2.75) is 49.2 Å². The minimum Gasteiger partial charge on any atom is -0.508 e. The van der Waals surface area contributed by atoms with Crippen molar-refractivity contribution in [1.29, 1.82) is 0 Å². The van der Waals surface area contributed by atoms with Gasteiger partial charge in [0, 0.05) is 30.8 Å². The summed E-state index contributed by atoms with van der Waals surface area (Å²) in [6.45, 7) is -0.333. The van der Waals surface area contributed by atoms with Crippen molar-refractivity contribution < 1.29 is 52.9 Å². The van der Waals surface area contributed by atoms with Gasteiger partial charge in [0.05, 0.1) is 49.4 Å². The van der Waals surface area contributed by atoms with Crippen LogP contribution >= 0.6 is 0 Å². The first-order valence-corrected chi connectivity index (χ1v) is 23.6. The number of aromatic hydroxyl groups is 1. The standard InChI is InChI=1S/C56H48N6O12/c1-71-44-29-38-25-27-59(31-39(38)30-45(44)72-2)51(64)46-48-52(65)74-49(36-13-7-4-8-14-36)47(35-11-5-3-6-12-35)61(48)50(37-18-22-41(63)23-19-37)56(46)42-28-33(10-9-26-58-54(57)67)17-24-43(42)60(53(56)66)55(68)73-32-34-15-20-40(21-16-34)62(69)70/h3-8,11-24,28-30,46-50,63H,25-27,31-32H2,1-2H3,(H3,57,58,67)/t46-,47-,48-,49+,50+,56-/m0/s1. The molecule has 0 unspecified atom stereocenters. The number of esters is 1. The van der Waals surface area contributed by atoms with Gasteiger partial charge in [-0.1, -0.05) is 84.6 Å². The number of urea groups is 1. The molecule has 1 spiro atoms. The van der Waals surface area contributed by atoms with Gasteiger partial charge in [0.1, 0.15) is 29.9 Å². The average molecular weight is 997 g/mol. The number of phenols is 1. The first-order valence-electron chi connectivity index (χ1n) is 23.6. The minimum absolute atomic E-state index is 0.0380. The van der Waals surface area contributed by atoms with E-state index in [1.807, 2.05) is 71.6 Å². The number of cyclic esters (lactones) is 1. The number of carbonyl (C=O) groups excluding carboxylic acids is 5. The van der Waals surface area contributed by atoms with Crippen molar-refractivity contribution in [2.24, 2.45) is 11.7 Å². The number of hydrogen-bond acceptors (Lipinski definition) is 13. The number of nitro benzene ring substituents is 1. The maximum atomic E-state index is 16.7. The van der Waals surface area contributed by atoms with Crippen LogP contribution in [0.4, 0.5) is 21.0 Å². The Labute approximate surface area is 424 Å². The summed E-state index contributed by atoms with van der Waals surface area (Å²) in [6.07, 6.45) is -1.76. The van der Waals surface area contributed by atoms with E-state index in [2.05, 4.69) is 17.2 Å². The number of ether oxygens (including phenoxy) is 4. The van der Waals surface area contributed by atoms with Crippen molar-refractivity contribution in [3.05, 3.63) is 194 Å². The van der Waals surface area contributed by atoms with Crippen LogP contribution in [-0.2, 0) is 48.8 Å². The van der Waals surface area contributed by atoms with Gasteiger partial charge in [0.2, 0.25) is 11.8 Å². The molecule has 4 aliphatic heterocycles. The van der Waals surface area contributed by atoms with Crippen molar-refractivity contribution in [2.75, 3.05) is 32.2 Å². The van der Waals surface area contributed by atoms with E-state index < -0.39 is 77.0 Å². The zero-order valence-corrected chi connectivity index (χ0v) is 40.0. The van der Waals surface area contributed by atoms with Crippen LogP contribution in [0, 0.1) is 27.9 Å². The van der Waals surface area contributed by atoms with Gasteiger partial charge in [-0.05, 0) is 100.0 Å². The highest BCUT2D eigenvalue weighted by Gasteiger charge is 2.76. The number of nitrogens with zero attached hydrogens (tertiary/aromatic N) is 4. The van der Waals surface area contributed by atoms with Crippen LogP contribution in [0.1, 0.15) is 62.7 Å². The molecule has 4 heterocycles. The molecule has 18 nitrogen and oxygen atoms in total. The fraction of sp³-hybridized carbons (Fsp3) is 0.232. The number of phenolic OH excluding ortho intramolecular Hbond substituents is 1. The van der Waals surface area contributed by atoms with Crippen molar-refractivity contribution >= 4 is 41.3 Å². The van der Waals surface area contributed by atoms with E-state index >= 15 is 14.4 Å². The molecule has 0 aliphatic carbocycles. The Morgan fingerprint density at radius 2 is 1.50 bits per heavy atom. The second kappa shape index (κ2) is 19.8. The van der Waals surface area contributed by atoms with E-state index in [0.29, 0.717) is 45.7 Å². The molecule has 374 valence electrons. The van der Waals surface area contributed by atoms with Crippen LogP contribution in [-0.4, -0.2) is 83.1 Å². The number of imide groups is 1. The number of morpholine rings is 1. The summed E-state index contributed by atoms with van der Waals surface area (Å²) >= 11 is 0. The van der Waals surface area contributed by atoms with Gasteiger partial charge >= 0.3 is 18.1 Å². The van der Waals surface area contributed by atoms with E-state index in [-0.39, 0.29) is 42.3 Å². The first-order chi connectivity index (χ1) is 35.8. The number of hydrogen-bond donors (Lipinski definition) is 3. The summed E-state index contributed by atoms with van der Waals surface area (Å²) in [7, 11) is 3.04. The van der Waals surface area contributed by atoms with E-state index in [1.54, 1.807) is 35.2 Å². The summed E-state index contributed by atoms with van der Waals surface area (Å²) in [5, 5.41) is 24.7. The van der Waals surface area contributed by atoms with Crippen LogP contribution < -0.4 is 25.4 Å². The van der Waals surface area contributed by atoms with Gasteiger partial charge in [0.25, 0.3) is 5.69 Å². The monoisotopic (exact) mass is 996 g/mol. The number of rotatable bonds is 10. The first kappa shape index (κ1) is 48.4. The Morgan fingerprint density at radius 3 is 2.15 bits per heavy atom. The van der Waals surface area contributed by atoms with Gasteiger partial charge in [-0.2, -0.15) is 0 Å². The lowest BCUT2D eigenvalue weighted by atomic mass is 9.64. The summed E-state index contributed by atoms with van der Waals surface area (Å²) in [4.78, 5) is 90.5. The van der Waals surface area contributed by atoms with Crippen molar-refractivity contribution in [1.82, 2.24) is 15.1 Å². The third-order valence-corrected chi connectivity index (χ3v) is 14.2. The number of nitro groups is 1. The molecule has 6 aromatic rings. The molecular weight excluding hydrogens is 949 g/mol. The lowest BCUT2D eigenvalue weighted by Crippen LogP contribution is -2.57. The highest BCUT2D eigenvalue weighted by molar-refractivity contribution is 6.23. The Bertz CT molecular complexity index is 3270. The lowest BCUT2D eigenvalue weighted by molar-refractivity contribution is -0.384. The number of amides is 5. The van der Waals surface area contributed by atoms with E-state index in [4.69, 9.17) is 24.7 Å². The number of nitrogens with two attached hydrogens (primary N) is 1. The summed E-state index contributed by atoms with van der Waals surface area (Å²) in [6, 6.07) is 33.9. The molecule has 2 fully saturated rings. The molecule has 0 aromatic heterocycles. The van der Waals surface area contributed by atoms with Crippen molar-refractivity contribution in [3.8, 4) is 29.1 Å². The number of benzene rings is 6. The second-order valence-electron chi connectivity index (χ2n) is 18.2. The zero-order valence-electron chi connectivity index (χ0n) is 40.0. The summed E-state index contributed by atoms with van der Waals surface area (Å²) < 4.78 is 23.8. The third-order valence-electron chi connectivity index (χ3n) is 14.2. The largest absolute Gasteiger partial charge is 0.508 e. The Hall–Kier alpha value is -9.21. The molecule has 0 radical (unpaired) electrons. The maximum Gasteiger partial charge on any atom is 0.421 e. The van der Waals surface area contributed by atoms with Gasteiger partial charge in [0.15, 0.2) is 11.5 Å². The number of nitrogens with one attached hydrogen (secondary N) is 1. The fourth-order valence-electron chi connectivity index (χ4n) is 11.1. The van der Waals surface area contributed by atoms with E-state index in [0.717, 1.165) is 16.0 Å².